The monoisotopic (exact) mass is 287 g/mol. The molecule has 1 aromatic rings. The summed E-state index contributed by atoms with van der Waals surface area (Å²) < 4.78 is 0.716. The second kappa shape index (κ2) is 5.18. The number of carbonyl (C=O) groups is 1. The van der Waals surface area contributed by atoms with Crippen LogP contribution in [0.5, 0.6) is 0 Å². The summed E-state index contributed by atoms with van der Waals surface area (Å²) >= 11 is 8.01. The van der Waals surface area contributed by atoms with Crippen molar-refractivity contribution in [2.24, 2.45) is 11.7 Å². The number of nitrogens with two attached hydrogens (primary N) is 1. The molecule has 0 aromatic carbocycles. The molecule has 0 spiro atoms. The molecule has 0 fully saturated rings. The van der Waals surface area contributed by atoms with Gasteiger partial charge in [-0.15, -0.1) is 0 Å². The van der Waals surface area contributed by atoms with Gasteiger partial charge in [-0.05, 0) is 28.9 Å². The maximum Gasteiger partial charge on any atom is 0.234 e. The van der Waals surface area contributed by atoms with Crippen molar-refractivity contribution in [3.05, 3.63) is 22.9 Å². The Balaban J connectivity index is 2.75. The van der Waals surface area contributed by atoms with Crippen LogP contribution in [0.2, 0.25) is 0 Å². The minimum atomic E-state index is -0.486. The first kappa shape index (κ1) is 12.1. The largest absolute Gasteiger partial charge is 0.393 e. The highest BCUT2D eigenvalue weighted by molar-refractivity contribution is 9.10. The number of anilines is 1. The van der Waals surface area contributed by atoms with Gasteiger partial charge in [0.2, 0.25) is 5.91 Å². The molecule has 0 aliphatic carbocycles. The van der Waals surface area contributed by atoms with Gasteiger partial charge in [-0.2, -0.15) is 0 Å². The molecule has 80 valence electrons. The van der Waals surface area contributed by atoms with Crippen LogP contribution in [0.25, 0.3) is 0 Å². The van der Waals surface area contributed by atoms with Crippen LogP contribution in [-0.4, -0.2) is 15.9 Å². The maximum absolute atomic E-state index is 11.6. The number of nitrogens with one attached hydrogen (secondary N) is 1. The van der Waals surface area contributed by atoms with Crippen LogP contribution in [0, 0.1) is 5.92 Å². The standard InChI is InChI=1S/C9H10BrN3OS/c1-5(8(11)15)9(14)13-7-2-3-12-4-6(7)10/h2-5H,1H3,(H2,11,15)(H,12,13,14). The van der Waals surface area contributed by atoms with E-state index in [1.54, 1.807) is 25.4 Å². The van der Waals surface area contributed by atoms with Crippen molar-refractivity contribution in [2.75, 3.05) is 5.32 Å². The fourth-order valence-electron chi connectivity index (χ4n) is 0.847. The molecular weight excluding hydrogens is 278 g/mol. The van der Waals surface area contributed by atoms with Gasteiger partial charge < -0.3 is 11.1 Å². The molecule has 6 heteroatoms. The lowest BCUT2D eigenvalue weighted by atomic mass is 10.1. The van der Waals surface area contributed by atoms with Gasteiger partial charge in [0.25, 0.3) is 0 Å². The van der Waals surface area contributed by atoms with E-state index in [0.717, 1.165) is 0 Å². The summed E-state index contributed by atoms with van der Waals surface area (Å²) in [5.74, 6) is -0.713. The molecule has 0 saturated carbocycles. The van der Waals surface area contributed by atoms with E-state index in [0.29, 0.717) is 10.2 Å². The third kappa shape index (κ3) is 3.24. The Bertz CT molecular complexity index is 397. The number of nitrogens with zero attached hydrogens (tertiary/aromatic N) is 1. The van der Waals surface area contributed by atoms with E-state index in [-0.39, 0.29) is 10.9 Å². The third-order valence-electron chi connectivity index (χ3n) is 1.85. The molecular formula is C9H10BrN3OS. The first-order chi connectivity index (χ1) is 7.02. The Morgan fingerprint density at radius 2 is 2.40 bits per heavy atom. The van der Waals surface area contributed by atoms with Crippen molar-refractivity contribution in [1.29, 1.82) is 0 Å². The van der Waals surface area contributed by atoms with E-state index in [1.807, 2.05) is 0 Å². The molecule has 1 rings (SSSR count). The molecule has 1 amide bonds. The maximum atomic E-state index is 11.6. The number of aromatic nitrogens is 1. The molecule has 1 heterocycles. The summed E-state index contributed by atoms with van der Waals surface area (Å²) in [5, 5.41) is 2.70. The highest BCUT2D eigenvalue weighted by Crippen LogP contribution is 2.20. The molecule has 1 aromatic heterocycles. The minimum Gasteiger partial charge on any atom is -0.393 e. The summed E-state index contributed by atoms with van der Waals surface area (Å²) in [7, 11) is 0. The van der Waals surface area contributed by atoms with Gasteiger partial charge in [0.1, 0.15) is 0 Å². The van der Waals surface area contributed by atoms with Crippen LogP contribution in [0.15, 0.2) is 22.9 Å². The van der Waals surface area contributed by atoms with Crippen LogP contribution in [0.4, 0.5) is 5.69 Å². The van der Waals surface area contributed by atoms with E-state index >= 15 is 0 Å². The fraction of sp³-hybridized carbons (Fsp3) is 0.222. The van der Waals surface area contributed by atoms with E-state index in [9.17, 15) is 4.79 Å². The van der Waals surface area contributed by atoms with E-state index < -0.39 is 5.92 Å². The predicted octanol–water partition coefficient (Wildman–Crippen LogP) is 1.70. The summed E-state index contributed by atoms with van der Waals surface area (Å²) in [6.45, 7) is 1.66. The lowest BCUT2D eigenvalue weighted by molar-refractivity contribution is -0.117. The van der Waals surface area contributed by atoms with Crippen molar-refractivity contribution in [3.8, 4) is 0 Å². The summed E-state index contributed by atoms with van der Waals surface area (Å²) in [5.41, 5.74) is 6.03. The van der Waals surface area contributed by atoms with Crippen LogP contribution in [0.1, 0.15) is 6.92 Å². The topological polar surface area (TPSA) is 68.0 Å². The Morgan fingerprint density at radius 3 is 2.93 bits per heavy atom. The van der Waals surface area contributed by atoms with Gasteiger partial charge in [0.15, 0.2) is 0 Å². The van der Waals surface area contributed by atoms with Crippen molar-refractivity contribution in [1.82, 2.24) is 4.98 Å². The van der Waals surface area contributed by atoms with Gasteiger partial charge in [-0.25, -0.2) is 0 Å². The predicted molar refractivity (Wildman–Crippen MR) is 66.5 cm³/mol. The number of pyridine rings is 1. The molecule has 4 nitrogen and oxygen atoms in total. The second-order valence-electron chi connectivity index (χ2n) is 2.97. The molecule has 0 radical (unpaired) electrons. The van der Waals surface area contributed by atoms with Crippen LogP contribution in [-0.2, 0) is 4.79 Å². The summed E-state index contributed by atoms with van der Waals surface area (Å²) in [6.07, 6.45) is 3.19. The number of hydrogen-bond donors (Lipinski definition) is 2. The summed E-state index contributed by atoms with van der Waals surface area (Å²) in [4.78, 5) is 15.6. The minimum absolute atomic E-state index is 0.178. The SMILES string of the molecule is CC(C(=O)Nc1ccncc1Br)C(N)=S. The van der Waals surface area contributed by atoms with Crippen molar-refractivity contribution >= 4 is 44.7 Å². The number of amides is 1. The highest BCUT2D eigenvalue weighted by atomic mass is 79.9. The van der Waals surface area contributed by atoms with Gasteiger partial charge in [0.05, 0.1) is 21.1 Å². The lowest BCUT2D eigenvalue weighted by Gasteiger charge is -2.11. The number of rotatable bonds is 3. The van der Waals surface area contributed by atoms with E-state index in [1.165, 1.54) is 0 Å². The fourth-order valence-corrected chi connectivity index (χ4v) is 1.30. The van der Waals surface area contributed by atoms with Crippen molar-refractivity contribution < 1.29 is 4.79 Å². The molecule has 1 unspecified atom stereocenters. The molecule has 3 N–H and O–H groups in total. The summed E-state index contributed by atoms with van der Waals surface area (Å²) in [6, 6.07) is 1.69. The zero-order valence-corrected chi connectivity index (χ0v) is 10.4. The van der Waals surface area contributed by atoms with Crippen LogP contribution in [0.3, 0.4) is 0 Å². The van der Waals surface area contributed by atoms with E-state index in [2.05, 4.69) is 26.2 Å². The average molecular weight is 288 g/mol. The zero-order valence-electron chi connectivity index (χ0n) is 8.03. The number of thiocarbonyl (C=S) groups is 1. The quantitative estimate of drug-likeness (QED) is 0.831. The average Bonchev–Trinajstić information content (AvgIpc) is 2.20. The molecule has 0 bridgehead atoms. The third-order valence-corrected chi connectivity index (χ3v) is 2.84. The van der Waals surface area contributed by atoms with Gasteiger partial charge in [-0.3, -0.25) is 9.78 Å². The number of carbonyl (C=O) groups excluding carboxylic acids is 1. The molecule has 1 atom stereocenters. The number of hydrogen-bond acceptors (Lipinski definition) is 3. The molecule has 0 aliphatic rings. The normalized spacial score (nSPS) is 11.9. The van der Waals surface area contributed by atoms with Gasteiger partial charge in [0, 0.05) is 12.4 Å². The van der Waals surface area contributed by atoms with Gasteiger partial charge in [-0.1, -0.05) is 12.2 Å². The first-order valence-corrected chi connectivity index (χ1v) is 5.42. The van der Waals surface area contributed by atoms with Crippen molar-refractivity contribution in [3.63, 3.8) is 0 Å². The second-order valence-corrected chi connectivity index (χ2v) is 4.29. The Labute approximate surface area is 101 Å². The number of halogens is 1. The van der Waals surface area contributed by atoms with E-state index in [4.69, 9.17) is 18.0 Å². The highest BCUT2D eigenvalue weighted by Gasteiger charge is 2.16. The first-order valence-electron chi connectivity index (χ1n) is 4.22. The smallest absolute Gasteiger partial charge is 0.234 e. The van der Waals surface area contributed by atoms with Crippen molar-refractivity contribution in [2.45, 2.75) is 6.92 Å². The van der Waals surface area contributed by atoms with Crippen LogP contribution >= 0.6 is 28.1 Å². The zero-order chi connectivity index (χ0) is 11.4. The van der Waals surface area contributed by atoms with Gasteiger partial charge >= 0.3 is 0 Å². The van der Waals surface area contributed by atoms with Crippen LogP contribution < -0.4 is 11.1 Å². The Kier molecular flexibility index (Phi) is 4.16. The Hall–Kier alpha value is -1.01. The lowest BCUT2D eigenvalue weighted by Crippen LogP contribution is -2.30. The Morgan fingerprint density at radius 1 is 1.73 bits per heavy atom. The molecule has 0 saturated heterocycles. The molecule has 15 heavy (non-hydrogen) atoms. The molecule has 0 aliphatic heterocycles.